The Kier molecular flexibility index (Phi) is 9.76. The van der Waals surface area contributed by atoms with E-state index in [2.05, 4.69) is 16.9 Å². The molecule has 0 radical (unpaired) electrons. The summed E-state index contributed by atoms with van der Waals surface area (Å²) in [6.07, 6.45) is 1.02. The number of halogens is 2. The highest BCUT2D eigenvalue weighted by molar-refractivity contribution is 7.89. The van der Waals surface area contributed by atoms with Gasteiger partial charge in [0.2, 0.25) is 0 Å². The normalized spacial score (nSPS) is 12.9. The number of rotatable bonds is 8. The topological polar surface area (TPSA) is 111 Å². The van der Waals surface area contributed by atoms with Gasteiger partial charge >= 0.3 is 5.97 Å². The SMILES string of the molecule is Cc1ccc(-c2ccc(C#CC(C)(C)O)nc2[C@@H](CC(=O)OC(C)(C)C)Cc2cc(F)cc(F)c2)c2c1c(CS(C)(=O)=O)nn2C. The summed E-state index contributed by atoms with van der Waals surface area (Å²) in [5.74, 6) is 2.63. The van der Waals surface area contributed by atoms with Crippen LogP contribution < -0.4 is 0 Å². The van der Waals surface area contributed by atoms with E-state index in [-0.39, 0.29) is 18.6 Å². The predicted octanol–water partition coefficient (Wildman–Crippen LogP) is 5.95. The van der Waals surface area contributed by atoms with Gasteiger partial charge in [0.05, 0.1) is 29.1 Å². The van der Waals surface area contributed by atoms with Gasteiger partial charge in [0, 0.05) is 41.8 Å². The summed E-state index contributed by atoms with van der Waals surface area (Å²) in [7, 11) is -1.68. The standard InChI is InChI=1S/C35H39F2N3O5S/c1-21-9-11-28(33-31(21)29(39-40(33)7)20-46(8,43)44)27-12-10-26(13-14-35(5,6)42)38-32(27)23(18-30(41)45-34(2,3)4)15-22-16-24(36)19-25(37)17-22/h9-12,16-17,19,23,42H,15,18,20H2,1-8H3/t23-/m1/s1. The number of ether oxygens (including phenoxy) is 1. The number of aliphatic hydroxyl groups is 1. The number of aryl methyl sites for hydroxylation is 2. The number of aromatic nitrogens is 3. The van der Waals surface area contributed by atoms with Crippen LogP contribution >= 0.6 is 0 Å². The van der Waals surface area contributed by atoms with E-state index in [1.54, 1.807) is 58.5 Å². The maximum atomic E-state index is 14.3. The molecular formula is C35H39F2N3O5S. The minimum absolute atomic E-state index is 0.0377. The van der Waals surface area contributed by atoms with Gasteiger partial charge in [0.25, 0.3) is 0 Å². The summed E-state index contributed by atoms with van der Waals surface area (Å²) in [5, 5.41) is 15.5. The first-order valence-electron chi connectivity index (χ1n) is 14.8. The number of carbonyl (C=O) groups excluding carboxylic acids is 1. The maximum Gasteiger partial charge on any atom is 0.306 e. The van der Waals surface area contributed by atoms with Gasteiger partial charge in [0.15, 0.2) is 9.84 Å². The van der Waals surface area contributed by atoms with Gasteiger partial charge in [-0.2, -0.15) is 5.10 Å². The number of hydrogen-bond acceptors (Lipinski definition) is 7. The van der Waals surface area contributed by atoms with Crippen molar-refractivity contribution in [3.8, 4) is 23.0 Å². The van der Waals surface area contributed by atoms with E-state index in [0.717, 1.165) is 17.9 Å². The molecule has 244 valence electrons. The Labute approximate surface area is 268 Å². The first-order chi connectivity index (χ1) is 21.2. The van der Waals surface area contributed by atoms with Gasteiger partial charge in [-0.15, -0.1) is 0 Å². The number of fused-ring (bicyclic) bond motifs is 1. The molecule has 0 fully saturated rings. The average molecular weight is 652 g/mol. The van der Waals surface area contributed by atoms with E-state index in [0.29, 0.717) is 44.7 Å². The monoisotopic (exact) mass is 651 g/mol. The fraction of sp³-hybridized carbons (Fsp3) is 0.400. The molecule has 11 heteroatoms. The van der Waals surface area contributed by atoms with E-state index >= 15 is 0 Å². The molecule has 4 rings (SSSR count). The van der Waals surface area contributed by atoms with Crippen molar-refractivity contribution in [2.45, 2.75) is 77.3 Å². The number of carbonyl (C=O) groups is 1. The molecule has 0 aliphatic rings. The highest BCUT2D eigenvalue weighted by Crippen LogP contribution is 2.38. The molecule has 0 bridgehead atoms. The van der Waals surface area contributed by atoms with Crippen molar-refractivity contribution in [2.24, 2.45) is 7.05 Å². The third-order valence-electron chi connectivity index (χ3n) is 7.00. The Morgan fingerprint density at radius 3 is 2.26 bits per heavy atom. The van der Waals surface area contributed by atoms with Crippen LogP contribution in [0.3, 0.4) is 0 Å². The Morgan fingerprint density at radius 2 is 1.67 bits per heavy atom. The van der Waals surface area contributed by atoms with Crippen molar-refractivity contribution < 1.29 is 31.8 Å². The number of esters is 1. The van der Waals surface area contributed by atoms with Crippen LogP contribution in [-0.4, -0.2) is 51.7 Å². The zero-order valence-electron chi connectivity index (χ0n) is 27.3. The number of benzene rings is 2. The summed E-state index contributed by atoms with van der Waals surface area (Å²) in [5.41, 5.74) is 2.11. The third-order valence-corrected chi connectivity index (χ3v) is 7.80. The molecule has 0 saturated heterocycles. The quantitative estimate of drug-likeness (QED) is 0.185. The van der Waals surface area contributed by atoms with Crippen LogP contribution in [0.25, 0.3) is 22.0 Å². The summed E-state index contributed by atoms with van der Waals surface area (Å²) < 4.78 is 60.5. The van der Waals surface area contributed by atoms with E-state index in [1.165, 1.54) is 12.1 Å². The highest BCUT2D eigenvalue weighted by atomic mass is 32.2. The maximum absolute atomic E-state index is 14.3. The van der Waals surface area contributed by atoms with Crippen molar-refractivity contribution in [2.75, 3.05) is 6.26 Å². The molecule has 0 unspecified atom stereocenters. The first kappa shape index (κ1) is 34.7. The van der Waals surface area contributed by atoms with Gasteiger partial charge in [-0.05, 0) is 89.3 Å². The van der Waals surface area contributed by atoms with Gasteiger partial charge in [0.1, 0.15) is 28.5 Å². The zero-order valence-corrected chi connectivity index (χ0v) is 28.1. The fourth-order valence-corrected chi connectivity index (χ4v) is 6.10. The number of hydrogen-bond donors (Lipinski definition) is 1. The lowest BCUT2D eigenvalue weighted by Gasteiger charge is -2.24. The number of pyridine rings is 1. The van der Waals surface area contributed by atoms with Gasteiger partial charge in [-0.3, -0.25) is 9.48 Å². The van der Waals surface area contributed by atoms with Crippen molar-refractivity contribution in [3.63, 3.8) is 0 Å². The van der Waals surface area contributed by atoms with Crippen LogP contribution in [0.2, 0.25) is 0 Å². The second kappa shape index (κ2) is 12.9. The van der Waals surface area contributed by atoms with Gasteiger partial charge < -0.3 is 9.84 Å². The molecule has 2 heterocycles. The summed E-state index contributed by atoms with van der Waals surface area (Å²) in [6, 6.07) is 10.4. The summed E-state index contributed by atoms with van der Waals surface area (Å²) >= 11 is 0. The molecule has 1 atom stereocenters. The second-order valence-electron chi connectivity index (χ2n) is 13.2. The lowest BCUT2D eigenvalue weighted by Crippen LogP contribution is -2.25. The minimum Gasteiger partial charge on any atom is -0.460 e. The Morgan fingerprint density at radius 1 is 1.04 bits per heavy atom. The van der Waals surface area contributed by atoms with Crippen LogP contribution in [0.5, 0.6) is 0 Å². The Hall–Kier alpha value is -4.14. The molecule has 0 aliphatic heterocycles. The van der Waals surface area contributed by atoms with Crippen LogP contribution in [-0.2, 0) is 38.6 Å². The molecule has 2 aromatic carbocycles. The van der Waals surface area contributed by atoms with Crippen molar-refractivity contribution in [1.82, 2.24) is 14.8 Å². The molecule has 8 nitrogen and oxygen atoms in total. The molecule has 0 spiro atoms. The van der Waals surface area contributed by atoms with E-state index in [1.807, 2.05) is 19.1 Å². The summed E-state index contributed by atoms with van der Waals surface area (Å²) in [6.45, 7) is 10.2. The molecule has 0 aliphatic carbocycles. The van der Waals surface area contributed by atoms with Crippen LogP contribution in [0, 0.1) is 30.4 Å². The Balaban J connectivity index is 2.01. The van der Waals surface area contributed by atoms with Crippen LogP contribution in [0.1, 0.15) is 75.2 Å². The van der Waals surface area contributed by atoms with E-state index in [9.17, 15) is 27.1 Å². The predicted molar refractivity (Wildman–Crippen MR) is 174 cm³/mol. The molecule has 4 aromatic rings. The second-order valence-corrected chi connectivity index (χ2v) is 15.3. The Bertz CT molecular complexity index is 1960. The van der Waals surface area contributed by atoms with E-state index < -0.39 is 44.6 Å². The van der Waals surface area contributed by atoms with Gasteiger partial charge in [-0.1, -0.05) is 18.1 Å². The van der Waals surface area contributed by atoms with Crippen molar-refractivity contribution in [3.05, 3.63) is 82.3 Å². The molecule has 0 amide bonds. The molecule has 1 N–H and O–H groups in total. The number of nitrogens with zero attached hydrogens (tertiary/aromatic N) is 3. The van der Waals surface area contributed by atoms with Gasteiger partial charge in [-0.25, -0.2) is 22.2 Å². The highest BCUT2D eigenvalue weighted by Gasteiger charge is 2.28. The molecule has 2 aromatic heterocycles. The molecule has 0 saturated carbocycles. The van der Waals surface area contributed by atoms with E-state index in [4.69, 9.17) is 9.72 Å². The first-order valence-corrected chi connectivity index (χ1v) is 16.8. The smallest absolute Gasteiger partial charge is 0.306 e. The minimum atomic E-state index is -3.40. The average Bonchev–Trinajstić information content (AvgIpc) is 3.20. The lowest BCUT2D eigenvalue weighted by molar-refractivity contribution is -0.155. The fourth-order valence-electron chi connectivity index (χ4n) is 5.40. The van der Waals surface area contributed by atoms with Crippen LogP contribution in [0.15, 0.2) is 42.5 Å². The largest absolute Gasteiger partial charge is 0.460 e. The third kappa shape index (κ3) is 8.98. The summed E-state index contributed by atoms with van der Waals surface area (Å²) in [4.78, 5) is 18.1. The van der Waals surface area contributed by atoms with Crippen molar-refractivity contribution >= 4 is 26.7 Å². The lowest BCUT2D eigenvalue weighted by atomic mass is 9.87. The van der Waals surface area contributed by atoms with Crippen LogP contribution in [0.4, 0.5) is 8.78 Å². The zero-order chi connectivity index (χ0) is 34.2. The van der Waals surface area contributed by atoms with Crippen molar-refractivity contribution in [1.29, 1.82) is 0 Å². The molecule has 46 heavy (non-hydrogen) atoms. The molecular weight excluding hydrogens is 612 g/mol. The number of sulfone groups is 1.